The second-order valence-corrected chi connectivity index (χ2v) is 3.28. The van der Waals surface area contributed by atoms with Crippen LogP contribution in [0.4, 0.5) is 5.69 Å². The van der Waals surface area contributed by atoms with Crippen LogP contribution in [-0.4, -0.2) is 23.4 Å². The Kier molecular flexibility index (Phi) is 2.63. The maximum atomic E-state index is 10.8. The second-order valence-electron chi connectivity index (χ2n) is 3.28. The molecule has 2 rings (SSSR count). The molecule has 1 unspecified atom stereocenters. The molecule has 0 saturated carbocycles. The normalized spacial score (nSPS) is 14.9. The lowest BCUT2D eigenvalue weighted by molar-refractivity contribution is -0.385. The maximum Gasteiger partial charge on any atom is 0.315 e. The van der Waals surface area contributed by atoms with Crippen molar-refractivity contribution in [3.8, 4) is 11.5 Å². The van der Waals surface area contributed by atoms with Crippen LogP contribution in [0.3, 0.4) is 0 Å². The molecule has 0 saturated heterocycles. The molecule has 1 aromatic rings. The molecule has 7 heteroatoms. The van der Waals surface area contributed by atoms with Gasteiger partial charge in [0.1, 0.15) is 0 Å². The van der Waals surface area contributed by atoms with Gasteiger partial charge in [-0.15, -0.1) is 0 Å². The molecule has 0 radical (unpaired) electrons. The predicted molar refractivity (Wildman–Crippen MR) is 53.2 cm³/mol. The zero-order chi connectivity index (χ0) is 11.7. The van der Waals surface area contributed by atoms with Crippen LogP contribution in [0.15, 0.2) is 12.1 Å². The number of aliphatic hydroxyl groups is 1. The standard InChI is InChI=1S/C9H10N2O5/c10-3-7(12)5-1-6(11(13)14)9-8(2-5)15-4-16-9/h1-2,7,12H,3-4,10H2. The largest absolute Gasteiger partial charge is 0.453 e. The van der Waals surface area contributed by atoms with Crippen LogP contribution in [0.2, 0.25) is 0 Å². The molecule has 0 aromatic heterocycles. The fourth-order valence-electron chi connectivity index (χ4n) is 1.48. The van der Waals surface area contributed by atoms with Gasteiger partial charge in [0.05, 0.1) is 11.0 Å². The number of nitrogens with zero attached hydrogens (tertiary/aromatic N) is 1. The second kappa shape index (κ2) is 3.95. The van der Waals surface area contributed by atoms with E-state index in [2.05, 4.69) is 0 Å². The molecule has 1 aliphatic rings. The van der Waals surface area contributed by atoms with Crippen LogP contribution in [0, 0.1) is 10.1 Å². The Morgan fingerprint density at radius 1 is 1.56 bits per heavy atom. The van der Waals surface area contributed by atoms with Crippen LogP contribution in [0.5, 0.6) is 11.5 Å². The molecular formula is C9H10N2O5. The average Bonchev–Trinajstić information content (AvgIpc) is 2.74. The van der Waals surface area contributed by atoms with Crippen LogP contribution in [0.1, 0.15) is 11.7 Å². The van der Waals surface area contributed by atoms with Crippen LogP contribution in [0.25, 0.3) is 0 Å². The van der Waals surface area contributed by atoms with Gasteiger partial charge >= 0.3 is 5.69 Å². The lowest BCUT2D eigenvalue weighted by Crippen LogP contribution is -2.11. The first-order valence-corrected chi connectivity index (χ1v) is 4.59. The van der Waals surface area contributed by atoms with Crippen LogP contribution in [-0.2, 0) is 0 Å². The Hall–Kier alpha value is -1.86. The van der Waals surface area contributed by atoms with Gasteiger partial charge in [0.2, 0.25) is 12.5 Å². The number of nitro benzene ring substituents is 1. The number of nitro groups is 1. The Morgan fingerprint density at radius 3 is 2.94 bits per heavy atom. The number of hydrogen-bond donors (Lipinski definition) is 2. The van der Waals surface area contributed by atoms with Crippen molar-refractivity contribution in [3.05, 3.63) is 27.8 Å². The zero-order valence-corrected chi connectivity index (χ0v) is 8.25. The zero-order valence-electron chi connectivity index (χ0n) is 8.25. The highest BCUT2D eigenvalue weighted by molar-refractivity contribution is 5.59. The highest BCUT2D eigenvalue weighted by Crippen LogP contribution is 2.42. The molecule has 0 amide bonds. The van der Waals surface area contributed by atoms with Crippen LogP contribution < -0.4 is 15.2 Å². The minimum Gasteiger partial charge on any atom is -0.453 e. The number of fused-ring (bicyclic) bond motifs is 1. The molecule has 0 bridgehead atoms. The number of ether oxygens (including phenoxy) is 2. The highest BCUT2D eigenvalue weighted by Gasteiger charge is 2.27. The monoisotopic (exact) mass is 226 g/mol. The van der Waals surface area contributed by atoms with Crippen molar-refractivity contribution in [1.82, 2.24) is 0 Å². The smallest absolute Gasteiger partial charge is 0.315 e. The summed E-state index contributed by atoms with van der Waals surface area (Å²) in [4.78, 5) is 10.2. The van der Waals surface area contributed by atoms with E-state index >= 15 is 0 Å². The number of benzene rings is 1. The molecule has 1 aromatic carbocycles. The Labute approximate surface area is 90.5 Å². The molecule has 3 N–H and O–H groups in total. The van der Waals surface area contributed by atoms with Crippen molar-refractivity contribution in [2.45, 2.75) is 6.10 Å². The fourth-order valence-corrected chi connectivity index (χ4v) is 1.48. The van der Waals surface area contributed by atoms with E-state index in [1.165, 1.54) is 12.1 Å². The lowest BCUT2D eigenvalue weighted by atomic mass is 10.1. The van der Waals surface area contributed by atoms with Gasteiger partial charge in [-0.3, -0.25) is 10.1 Å². The SMILES string of the molecule is NCC(O)c1cc2c(c([N+](=O)[O-])c1)OCO2. The van der Waals surface area contributed by atoms with E-state index in [1.807, 2.05) is 0 Å². The molecular weight excluding hydrogens is 216 g/mol. The maximum absolute atomic E-state index is 10.8. The van der Waals surface area contributed by atoms with Gasteiger partial charge in [-0.25, -0.2) is 0 Å². The van der Waals surface area contributed by atoms with E-state index in [-0.39, 0.29) is 30.5 Å². The van der Waals surface area contributed by atoms with Crippen molar-refractivity contribution < 1.29 is 19.5 Å². The van der Waals surface area contributed by atoms with Gasteiger partial charge in [0.15, 0.2) is 5.75 Å². The Balaban J connectivity index is 2.51. The van der Waals surface area contributed by atoms with Crippen molar-refractivity contribution >= 4 is 5.69 Å². The Morgan fingerprint density at radius 2 is 2.31 bits per heavy atom. The third-order valence-electron chi connectivity index (χ3n) is 2.28. The van der Waals surface area contributed by atoms with E-state index in [1.54, 1.807) is 0 Å². The number of aliphatic hydroxyl groups excluding tert-OH is 1. The van der Waals surface area contributed by atoms with Gasteiger partial charge < -0.3 is 20.3 Å². The summed E-state index contributed by atoms with van der Waals surface area (Å²) in [6.07, 6.45) is -0.951. The first-order valence-electron chi connectivity index (χ1n) is 4.59. The molecule has 0 aliphatic carbocycles. The van der Waals surface area contributed by atoms with Gasteiger partial charge in [-0.1, -0.05) is 0 Å². The molecule has 0 spiro atoms. The number of hydrogen-bond acceptors (Lipinski definition) is 6. The molecule has 7 nitrogen and oxygen atoms in total. The molecule has 1 atom stereocenters. The fraction of sp³-hybridized carbons (Fsp3) is 0.333. The summed E-state index contributed by atoms with van der Waals surface area (Å²) >= 11 is 0. The minimum atomic E-state index is -0.951. The molecule has 0 fully saturated rings. The quantitative estimate of drug-likeness (QED) is 0.567. The number of rotatable bonds is 3. The van der Waals surface area contributed by atoms with Gasteiger partial charge in [-0.05, 0) is 11.6 Å². The van der Waals surface area contributed by atoms with Gasteiger partial charge in [-0.2, -0.15) is 0 Å². The third-order valence-corrected chi connectivity index (χ3v) is 2.28. The van der Waals surface area contributed by atoms with Crippen molar-refractivity contribution in [2.24, 2.45) is 5.73 Å². The first kappa shape index (κ1) is 10.7. The van der Waals surface area contributed by atoms with E-state index in [0.29, 0.717) is 5.56 Å². The topological polar surface area (TPSA) is 108 Å². The summed E-state index contributed by atoms with van der Waals surface area (Å²) in [6.45, 7) is -0.0743. The van der Waals surface area contributed by atoms with Crippen molar-refractivity contribution in [1.29, 1.82) is 0 Å². The summed E-state index contributed by atoms with van der Waals surface area (Å²) in [7, 11) is 0. The molecule has 16 heavy (non-hydrogen) atoms. The van der Waals surface area contributed by atoms with Gasteiger partial charge in [0, 0.05) is 12.6 Å². The van der Waals surface area contributed by atoms with Gasteiger partial charge in [0.25, 0.3) is 0 Å². The average molecular weight is 226 g/mol. The van der Waals surface area contributed by atoms with E-state index in [4.69, 9.17) is 15.2 Å². The lowest BCUT2D eigenvalue weighted by Gasteiger charge is -2.08. The Bertz CT molecular complexity index is 434. The first-order chi connectivity index (χ1) is 7.63. The highest BCUT2D eigenvalue weighted by atomic mass is 16.7. The summed E-state index contributed by atoms with van der Waals surface area (Å²) in [5.41, 5.74) is 5.40. The van der Waals surface area contributed by atoms with E-state index < -0.39 is 11.0 Å². The predicted octanol–water partition coefficient (Wildman–Crippen LogP) is 0.316. The summed E-state index contributed by atoms with van der Waals surface area (Å²) < 4.78 is 10.0. The summed E-state index contributed by atoms with van der Waals surface area (Å²) in [6, 6.07) is 2.73. The van der Waals surface area contributed by atoms with E-state index in [0.717, 1.165) is 0 Å². The summed E-state index contributed by atoms with van der Waals surface area (Å²) in [5.74, 6) is 0.356. The van der Waals surface area contributed by atoms with E-state index in [9.17, 15) is 15.2 Å². The third kappa shape index (κ3) is 1.66. The summed E-state index contributed by atoms with van der Waals surface area (Å²) in [5, 5.41) is 20.3. The van der Waals surface area contributed by atoms with Crippen molar-refractivity contribution in [2.75, 3.05) is 13.3 Å². The van der Waals surface area contributed by atoms with Crippen LogP contribution >= 0.6 is 0 Å². The van der Waals surface area contributed by atoms with Crippen molar-refractivity contribution in [3.63, 3.8) is 0 Å². The number of nitrogens with two attached hydrogens (primary N) is 1. The molecule has 1 aliphatic heterocycles. The minimum absolute atomic E-state index is 0.0171. The molecule has 86 valence electrons. The molecule has 1 heterocycles.